The Balaban J connectivity index is 1.98. The zero-order chi connectivity index (χ0) is 6.72. The summed E-state index contributed by atoms with van der Waals surface area (Å²) in [5.74, 6) is 3.50. The van der Waals surface area contributed by atoms with Crippen LogP contribution in [0.5, 0.6) is 0 Å². The Morgan fingerprint density at radius 2 is 2.10 bits per heavy atom. The smallest absolute Gasteiger partial charge is 0.139 e. The molecule has 0 radical (unpaired) electrons. The highest BCUT2D eigenvalue weighted by atomic mass is 16.1. The van der Waals surface area contributed by atoms with Gasteiger partial charge in [0.2, 0.25) is 0 Å². The molecule has 4 atom stereocenters. The highest BCUT2D eigenvalue weighted by Gasteiger charge is 2.56. The first-order chi connectivity index (χ1) is 4.86. The molecule has 1 heteroatoms. The third-order valence-electron chi connectivity index (χ3n) is 3.69. The molecule has 0 aliphatic heterocycles. The van der Waals surface area contributed by atoms with Crippen LogP contribution in [0.2, 0.25) is 0 Å². The molecule has 0 saturated heterocycles. The summed E-state index contributed by atoms with van der Waals surface area (Å²) in [6, 6.07) is 0. The average molecular weight is 136 g/mol. The van der Waals surface area contributed by atoms with Crippen molar-refractivity contribution in [3.8, 4) is 0 Å². The number of ketones is 1. The first-order valence-corrected chi connectivity index (χ1v) is 4.40. The summed E-state index contributed by atoms with van der Waals surface area (Å²) in [5, 5.41) is 0. The molecule has 3 rings (SSSR count). The van der Waals surface area contributed by atoms with Crippen molar-refractivity contribution in [2.45, 2.75) is 25.7 Å². The number of hydrogen-bond acceptors (Lipinski definition) is 1. The van der Waals surface area contributed by atoms with Gasteiger partial charge in [0.05, 0.1) is 0 Å². The quantitative estimate of drug-likeness (QED) is 0.494. The van der Waals surface area contributed by atoms with Crippen molar-refractivity contribution in [2.24, 2.45) is 23.7 Å². The van der Waals surface area contributed by atoms with E-state index in [2.05, 4.69) is 0 Å². The Labute approximate surface area is 60.8 Å². The van der Waals surface area contributed by atoms with Gasteiger partial charge in [-0.05, 0) is 37.5 Å². The van der Waals surface area contributed by atoms with E-state index < -0.39 is 0 Å². The van der Waals surface area contributed by atoms with E-state index in [1.165, 1.54) is 25.7 Å². The summed E-state index contributed by atoms with van der Waals surface area (Å²) in [7, 11) is 0. The van der Waals surface area contributed by atoms with Gasteiger partial charge in [-0.15, -0.1) is 0 Å². The number of fused-ring (bicyclic) bond motifs is 4. The molecule has 2 bridgehead atoms. The van der Waals surface area contributed by atoms with Crippen LogP contribution in [0.1, 0.15) is 25.7 Å². The van der Waals surface area contributed by atoms with Gasteiger partial charge in [-0.25, -0.2) is 0 Å². The number of carbonyl (C=O) groups is 1. The molecule has 3 saturated carbocycles. The van der Waals surface area contributed by atoms with Crippen molar-refractivity contribution in [3.05, 3.63) is 0 Å². The van der Waals surface area contributed by atoms with Crippen LogP contribution in [-0.4, -0.2) is 5.78 Å². The van der Waals surface area contributed by atoms with Gasteiger partial charge >= 0.3 is 0 Å². The van der Waals surface area contributed by atoms with Crippen LogP contribution >= 0.6 is 0 Å². The molecule has 1 nitrogen and oxygen atoms in total. The number of carbonyl (C=O) groups excluding carboxylic acids is 1. The van der Waals surface area contributed by atoms with Crippen LogP contribution in [0.25, 0.3) is 0 Å². The van der Waals surface area contributed by atoms with Crippen molar-refractivity contribution < 1.29 is 4.79 Å². The molecule has 0 amide bonds. The van der Waals surface area contributed by atoms with E-state index in [1.54, 1.807) is 0 Å². The summed E-state index contributed by atoms with van der Waals surface area (Å²) in [5.41, 5.74) is 0. The Bertz CT molecular complexity index is 197. The highest BCUT2D eigenvalue weighted by Crippen LogP contribution is 2.58. The van der Waals surface area contributed by atoms with Gasteiger partial charge in [0.15, 0.2) is 0 Å². The highest BCUT2D eigenvalue weighted by molar-refractivity contribution is 5.87. The number of rotatable bonds is 0. The number of Topliss-reactive ketones (excluding diaryl/α,β-unsaturated/α-hetero) is 1. The van der Waals surface area contributed by atoms with E-state index in [-0.39, 0.29) is 0 Å². The molecule has 0 aromatic heterocycles. The van der Waals surface area contributed by atoms with E-state index in [0.29, 0.717) is 17.6 Å². The third kappa shape index (κ3) is 0.480. The Morgan fingerprint density at radius 1 is 1.20 bits per heavy atom. The lowest BCUT2D eigenvalue weighted by molar-refractivity contribution is -0.125. The molecule has 0 heterocycles. The third-order valence-corrected chi connectivity index (χ3v) is 3.69. The standard InChI is InChI=1S/C9H12O/c10-9-6-2-1-5(3-6)7-4-8(7)9/h5-8H,1-4H2/t5-,6+,7+,8+/m1/s1. The molecule has 0 aromatic rings. The molecule has 0 unspecified atom stereocenters. The second kappa shape index (κ2) is 1.46. The number of hydrogen-bond donors (Lipinski definition) is 0. The van der Waals surface area contributed by atoms with E-state index in [0.717, 1.165) is 11.8 Å². The Morgan fingerprint density at radius 3 is 3.00 bits per heavy atom. The minimum absolute atomic E-state index is 0.508. The first-order valence-electron chi connectivity index (χ1n) is 4.40. The molecule has 3 aliphatic carbocycles. The van der Waals surface area contributed by atoms with Crippen molar-refractivity contribution in [1.82, 2.24) is 0 Å². The predicted octanol–water partition coefficient (Wildman–Crippen LogP) is 1.62. The summed E-state index contributed by atoms with van der Waals surface area (Å²) in [4.78, 5) is 11.4. The maximum absolute atomic E-state index is 11.4. The molecular formula is C9H12O. The summed E-state index contributed by atoms with van der Waals surface area (Å²) < 4.78 is 0. The maximum Gasteiger partial charge on any atom is 0.139 e. The zero-order valence-electron chi connectivity index (χ0n) is 6.05. The molecule has 0 N–H and O–H groups in total. The van der Waals surface area contributed by atoms with Crippen molar-refractivity contribution in [2.75, 3.05) is 0 Å². The van der Waals surface area contributed by atoms with Gasteiger partial charge in [-0.1, -0.05) is 0 Å². The van der Waals surface area contributed by atoms with Crippen LogP contribution < -0.4 is 0 Å². The van der Waals surface area contributed by atoms with Gasteiger partial charge < -0.3 is 0 Å². The Hall–Kier alpha value is -0.330. The molecule has 3 fully saturated rings. The van der Waals surface area contributed by atoms with E-state index in [9.17, 15) is 4.79 Å². The van der Waals surface area contributed by atoms with E-state index in [1.807, 2.05) is 0 Å². The van der Waals surface area contributed by atoms with Crippen molar-refractivity contribution in [3.63, 3.8) is 0 Å². The molecule has 0 spiro atoms. The summed E-state index contributed by atoms with van der Waals surface area (Å²) in [6.07, 6.45) is 5.08. The molecule has 54 valence electrons. The molecular weight excluding hydrogens is 124 g/mol. The van der Waals surface area contributed by atoms with Crippen LogP contribution in [-0.2, 0) is 4.79 Å². The fraction of sp³-hybridized carbons (Fsp3) is 0.889. The van der Waals surface area contributed by atoms with Gasteiger partial charge in [0, 0.05) is 11.8 Å². The van der Waals surface area contributed by atoms with Crippen LogP contribution in [0.3, 0.4) is 0 Å². The SMILES string of the molecule is O=C1[C@H]2CC[C@H](C2)[C@@H]2C[C@H]12. The minimum Gasteiger partial charge on any atom is -0.299 e. The maximum atomic E-state index is 11.4. The molecule has 10 heavy (non-hydrogen) atoms. The molecule has 3 aliphatic rings. The molecule has 0 aromatic carbocycles. The van der Waals surface area contributed by atoms with Crippen LogP contribution in [0.15, 0.2) is 0 Å². The summed E-state index contributed by atoms with van der Waals surface area (Å²) in [6.45, 7) is 0. The fourth-order valence-electron chi connectivity index (χ4n) is 3.03. The van der Waals surface area contributed by atoms with Crippen molar-refractivity contribution >= 4 is 5.78 Å². The second-order valence-electron chi connectivity index (χ2n) is 4.18. The topological polar surface area (TPSA) is 17.1 Å². The zero-order valence-corrected chi connectivity index (χ0v) is 6.05. The van der Waals surface area contributed by atoms with E-state index >= 15 is 0 Å². The van der Waals surface area contributed by atoms with Gasteiger partial charge in [-0.3, -0.25) is 4.79 Å². The lowest BCUT2D eigenvalue weighted by atomic mass is 9.88. The lowest BCUT2D eigenvalue weighted by Gasteiger charge is -2.15. The summed E-state index contributed by atoms with van der Waals surface area (Å²) >= 11 is 0. The van der Waals surface area contributed by atoms with Crippen molar-refractivity contribution in [1.29, 1.82) is 0 Å². The predicted molar refractivity (Wildman–Crippen MR) is 37.4 cm³/mol. The minimum atomic E-state index is 0.508. The van der Waals surface area contributed by atoms with Crippen LogP contribution in [0.4, 0.5) is 0 Å². The van der Waals surface area contributed by atoms with Gasteiger partial charge in [-0.2, -0.15) is 0 Å². The average Bonchev–Trinajstić information content (AvgIpc) is 2.61. The largest absolute Gasteiger partial charge is 0.299 e. The lowest BCUT2D eigenvalue weighted by Crippen LogP contribution is -2.19. The van der Waals surface area contributed by atoms with Gasteiger partial charge in [0.25, 0.3) is 0 Å². The monoisotopic (exact) mass is 136 g/mol. The second-order valence-corrected chi connectivity index (χ2v) is 4.18. The normalized spacial score (nSPS) is 56.6. The van der Waals surface area contributed by atoms with Gasteiger partial charge in [0.1, 0.15) is 5.78 Å². The Kier molecular flexibility index (Phi) is 0.781. The fourth-order valence-corrected chi connectivity index (χ4v) is 3.03. The van der Waals surface area contributed by atoms with E-state index in [4.69, 9.17) is 0 Å². The first kappa shape index (κ1) is 5.34. The van der Waals surface area contributed by atoms with Crippen LogP contribution in [0, 0.1) is 23.7 Å².